The van der Waals surface area contributed by atoms with Crippen LogP contribution in [0, 0.1) is 0 Å². The summed E-state index contributed by atoms with van der Waals surface area (Å²) in [4.78, 5) is 28.5. The Morgan fingerprint density at radius 1 is 1.10 bits per heavy atom. The van der Waals surface area contributed by atoms with E-state index in [-0.39, 0.29) is 11.9 Å². The summed E-state index contributed by atoms with van der Waals surface area (Å²) in [7, 11) is 0. The molecular formula is C16H21N3O2. The quantitative estimate of drug-likeness (QED) is 0.864. The van der Waals surface area contributed by atoms with Crippen LogP contribution in [0.15, 0.2) is 30.3 Å². The zero-order chi connectivity index (χ0) is 14.9. The molecule has 2 heterocycles. The topological polar surface area (TPSA) is 52.7 Å². The Labute approximate surface area is 124 Å². The highest BCUT2D eigenvalue weighted by Crippen LogP contribution is 2.28. The molecule has 1 N–H and O–H groups in total. The van der Waals surface area contributed by atoms with Crippen LogP contribution in [0.25, 0.3) is 0 Å². The SMILES string of the molecule is C[C@]1(c2ccccc2)NC(=O)N(CN2CCCCC2)C1=O. The molecular weight excluding hydrogens is 266 g/mol. The van der Waals surface area contributed by atoms with Crippen molar-refractivity contribution in [1.82, 2.24) is 15.1 Å². The summed E-state index contributed by atoms with van der Waals surface area (Å²) in [6, 6.07) is 9.13. The van der Waals surface area contributed by atoms with E-state index in [4.69, 9.17) is 0 Å². The number of piperidine rings is 1. The Morgan fingerprint density at radius 2 is 1.76 bits per heavy atom. The smallest absolute Gasteiger partial charge is 0.319 e. The minimum absolute atomic E-state index is 0.163. The number of rotatable bonds is 3. The molecule has 21 heavy (non-hydrogen) atoms. The van der Waals surface area contributed by atoms with E-state index in [1.807, 2.05) is 30.3 Å². The Bertz CT molecular complexity index is 540. The fourth-order valence-electron chi connectivity index (χ4n) is 3.09. The normalized spacial score (nSPS) is 27.0. The molecule has 1 aromatic carbocycles. The molecule has 5 heteroatoms. The van der Waals surface area contributed by atoms with Crippen molar-refractivity contribution < 1.29 is 9.59 Å². The van der Waals surface area contributed by atoms with Crippen molar-refractivity contribution in [3.8, 4) is 0 Å². The molecule has 2 fully saturated rings. The number of amides is 3. The van der Waals surface area contributed by atoms with E-state index in [2.05, 4.69) is 10.2 Å². The van der Waals surface area contributed by atoms with E-state index in [1.54, 1.807) is 6.92 Å². The van der Waals surface area contributed by atoms with E-state index in [0.717, 1.165) is 31.5 Å². The van der Waals surface area contributed by atoms with Gasteiger partial charge in [-0.05, 0) is 38.4 Å². The fourth-order valence-corrected chi connectivity index (χ4v) is 3.09. The average molecular weight is 287 g/mol. The largest absolute Gasteiger partial charge is 0.326 e. The standard InChI is InChI=1S/C16H21N3O2/c1-16(13-8-4-2-5-9-13)14(20)19(15(21)17-16)12-18-10-6-3-7-11-18/h2,4-5,8-9H,3,6-7,10-12H2,1H3,(H,17,21)/t16-/m1/s1. The predicted octanol–water partition coefficient (Wildman–Crippen LogP) is 1.90. The minimum atomic E-state index is -0.950. The van der Waals surface area contributed by atoms with Gasteiger partial charge in [-0.1, -0.05) is 36.8 Å². The van der Waals surface area contributed by atoms with Gasteiger partial charge in [-0.15, -0.1) is 0 Å². The van der Waals surface area contributed by atoms with Crippen LogP contribution in [0.4, 0.5) is 4.79 Å². The summed E-state index contributed by atoms with van der Waals surface area (Å²) in [5, 5.41) is 2.85. The maximum atomic E-state index is 12.7. The second kappa shape index (κ2) is 5.48. The number of hydrogen-bond acceptors (Lipinski definition) is 3. The number of imide groups is 1. The molecule has 5 nitrogen and oxygen atoms in total. The Balaban J connectivity index is 1.78. The number of benzene rings is 1. The first-order valence-electron chi connectivity index (χ1n) is 7.53. The van der Waals surface area contributed by atoms with Crippen molar-refractivity contribution in [2.24, 2.45) is 0 Å². The second-order valence-electron chi connectivity index (χ2n) is 5.97. The number of nitrogens with one attached hydrogen (secondary N) is 1. The Kier molecular flexibility index (Phi) is 3.68. The molecule has 3 amide bonds. The van der Waals surface area contributed by atoms with Gasteiger partial charge >= 0.3 is 6.03 Å². The molecule has 0 radical (unpaired) electrons. The second-order valence-corrected chi connectivity index (χ2v) is 5.97. The molecule has 0 spiro atoms. The van der Waals surface area contributed by atoms with E-state index in [9.17, 15) is 9.59 Å². The highest BCUT2D eigenvalue weighted by atomic mass is 16.2. The van der Waals surface area contributed by atoms with Gasteiger partial charge in [0.15, 0.2) is 0 Å². The van der Waals surface area contributed by atoms with Crippen LogP contribution in [-0.2, 0) is 10.3 Å². The summed E-state index contributed by atoms with van der Waals surface area (Å²) in [6.07, 6.45) is 3.51. The Hall–Kier alpha value is -1.88. The van der Waals surface area contributed by atoms with E-state index >= 15 is 0 Å². The zero-order valence-corrected chi connectivity index (χ0v) is 12.3. The van der Waals surface area contributed by atoms with E-state index in [1.165, 1.54) is 11.3 Å². The highest BCUT2D eigenvalue weighted by Gasteiger charge is 2.49. The molecule has 112 valence electrons. The number of carbonyl (C=O) groups is 2. The monoisotopic (exact) mass is 287 g/mol. The number of hydrogen-bond donors (Lipinski definition) is 1. The van der Waals surface area contributed by atoms with Crippen LogP contribution in [0.3, 0.4) is 0 Å². The van der Waals surface area contributed by atoms with Gasteiger partial charge in [-0.2, -0.15) is 0 Å². The molecule has 0 saturated carbocycles. The van der Waals surface area contributed by atoms with Gasteiger partial charge in [0.1, 0.15) is 5.54 Å². The van der Waals surface area contributed by atoms with Crippen molar-refractivity contribution >= 4 is 11.9 Å². The van der Waals surface area contributed by atoms with Gasteiger partial charge in [0, 0.05) is 0 Å². The molecule has 1 aromatic rings. The molecule has 2 aliphatic rings. The lowest BCUT2D eigenvalue weighted by Gasteiger charge is -2.30. The van der Waals surface area contributed by atoms with Crippen LogP contribution in [0.5, 0.6) is 0 Å². The number of likely N-dealkylation sites (tertiary alicyclic amines) is 1. The molecule has 0 bridgehead atoms. The molecule has 2 saturated heterocycles. The van der Waals surface area contributed by atoms with E-state index in [0.29, 0.717) is 6.67 Å². The first kappa shape index (κ1) is 14.1. The molecule has 1 atom stereocenters. The summed E-state index contributed by atoms with van der Waals surface area (Å²) < 4.78 is 0. The Morgan fingerprint density at radius 3 is 2.43 bits per heavy atom. The lowest BCUT2D eigenvalue weighted by atomic mass is 9.92. The lowest BCUT2D eigenvalue weighted by Crippen LogP contribution is -2.45. The summed E-state index contributed by atoms with van der Waals surface area (Å²) in [5.74, 6) is -0.163. The van der Waals surface area contributed by atoms with Crippen molar-refractivity contribution in [2.75, 3.05) is 19.8 Å². The van der Waals surface area contributed by atoms with Gasteiger partial charge in [0.2, 0.25) is 0 Å². The molecule has 2 aliphatic heterocycles. The first-order valence-corrected chi connectivity index (χ1v) is 7.53. The number of urea groups is 1. The van der Waals surface area contributed by atoms with Crippen LogP contribution < -0.4 is 5.32 Å². The van der Waals surface area contributed by atoms with Gasteiger partial charge in [0.25, 0.3) is 5.91 Å². The van der Waals surface area contributed by atoms with Crippen molar-refractivity contribution in [2.45, 2.75) is 31.7 Å². The third kappa shape index (κ3) is 2.53. The van der Waals surface area contributed by atoms with E-state index < -0.39 is 5.54 Å². The van der Waals surface area contributed by atoms with Crippen molar-refractivity contribution in [3.05, 3.63) is 35.9 Å². The highest BCUT2D eigenvalue weighted by molar-refractivity contribution is 6.07. The predicted molar refractivity (Wildman–Crippen MR) is 79.5 cm³/mol. The van der Waals surface area contributed by atoms with Crippen LogP contribution in [-0.4, -0.2) is 41.5 Å². The van der Waals surface area contributed by atoms with Crippen molar-refractivity contribution in [3.63, 3.8) is 0 Å². The summed E-state index contributed by atoms with van der Waals surface area (Å²) in [6.45, 7) is 4.09. The average Bonchev–Trinajstić information content (AvgIpc) is 2.74. The molecule has 0 aromatic heterocycles. The van der Waals surface area contributed by atoms with Crippen LogP contribution in [0.2, 0.25) is 0 Å². The van der Waals surface area contributed by atoms with Crippen LogP contribution in [0.1, 0.15) is 31.7 Å². The third-order valence-corrected chi connectivity index (χ3v) is 4.42. The fraction of sp³-hybridized carbons (Fsp3) is 0.500. The van der Waals surface area contributed by atoms with Gasteiger partial charge in [-0.25, -0.2) is 9.69 Å². The number of carbonyl (C=O) groups excluding carboxylic acids is 2. The molecule has 3 rings (SSSR count). The van der Waals surface area contributed by atoms with Crippen molar-refractivity contribution in [1.29, 1.82) is 0 Å². The van der Waals surface area contributed by atoms with Gasteiger partial charge in [0.05, 0.1) is 6.67 Å². The molecule has 0 aliphatic carbocycles. The van der Waals surface area contributed by atoms with Crippen LogP contribution >= 0.6 is 0 Å². The lowest BCUT2D eigenvalue weighted by molar-refractivity contribution is -0.132. The third-order valence-electron chi connectivity index (χ3n) is 4.42. The number of nitrogens with zero attached hydrogens (tertiary/aromatic N) is 2. The summed E-state index contributed by atoms with van der Waals surface area (Å²) >= 11 is 0. The maximum absolute atomic E-state index is 12.7. The van der Waals surface area contributed by atoms with Gasteiger partial charge < -0.3 is 5.32 Å². The minimum Gasteiger partial charge on any atom is -0.319 e. The maximum Gasteiger partial charge on any atom is 0.326 e. The zero-order valence-electron chi connectivity index (χ0n) is 12.3. The first-order chi connectivity index (χ1) is 10.1. The summed E-state index contributed by atoms with van der Waals surface area (Å²) in [5.41, 5.74) is -0.127. The van der Waals surface area contributed by atoms with Gasteiger partial charge in [-0.3, -0.25) is 9.69 Å². The molecule has 0 unspecified atom stereocenters.